The molecule has 94 valence electrons. The van der Waals surface area contributed by atoms with Crippen molar-refractivity contribution in [1.29, 1.82) is 0 Å². The Labute approximate surface area is 96.3 Å². The van der Waals surface area contributed by atoms with Crippen LogP contribution in [0.4, 0.5) is 0 Å². The normalized spacial score (nSPS) is 13.1. The van der Waals surface area contributed by atoms with Gasteiger partial charge in [0.15, 0.2) is 0 Å². The molecule has 2 N–H and O–H groups in total. The van der Waals surface area contributed by atoms with Gasteiger partial charge in [-0.2, -0.15) is 0 Å². The summed E-state index contributed by atoms with van der Waals surface area (Å²) in [5.74, 6) is -0.835. The van der Waals surface area contributed by atoms with Crippen LogP contribution in [0.5, 0.6) is 0 Å². The highest BCUT2D eigenvalue weighted by atomic mass is 16.6. The maximum atomic E-state index is 11.4. The zero-order chi connectivity index (χ0) is 12.8. The first kappa shape index (κ1) is 14.9. The van der Waals surface area contributed by atoms with E-state index in [0.29, 0.717) is 6.61 Å². The van der Waals surface area contributed by atoms with Gasteiger partial charge in [0.25, 0.3) is 0 Å². The molecule has 16 heavy (non-hydrogen) atoms. The summed E-state index contributed by atoms with van der Waals surface area (Å²) in [6, 6.07) is -0.774. The van der Waals surface area contributed by atoms with Crippen LogP contribution in [0.2, 0.25) is 0 Å². The molecule has 0 unspecified atom stereocenters. The van der Waals surface area contributed by atoms with Crippen molar-refractivity contribution in [1.82, 2.24) is 0 Å². The molecule has 0 aromatic heterocycles. The van der Waals surface area contributed by atoms with Crippen LogP contribution in [0.1, 0.15) is 40.5 Å². The Hall–Kier alpha value is -1.10. The molecule has 0 aliphatic heterocycles. The van der Waals surface area contributed by atoms with Gasteiger partial charge in [-0.05, 0) is 34.1 Å². The van der Waals surface area contributed by atoms with Crippen molar-refractivity contribution in [3.05, 3.63) is 0 Å². The molecule has 0 rings (SSSR count). The third-order valence-electron chi connectivity index (χ3n) is 1.67. The van der Waals surface area contributed by atoms with E-state index in [1.54, 1.807) is 27.7 Å². The molecule has 0 bridgehead atoms. The molecule has 0 saturated heterocycles. The summed E-state index contributed by atoms with van der Waals surface area (Å²) >= 11 is 0. The van der Waals surface area contributed by atoms with Crippen molar-refractivity contribution in [2.75, 3.05) is 6.61 Å². The molecule has 0 aliphatic carbocycles. The van der Waals surface area contributed by atoms with Crippen LogP contribution < -0.4 is 5.73 Å². The smallest absolute Gasteiger partial charge is 0.323 e. The molecule has 5 heteroatoms. The summed E-state index contributed by atoms with van der Waals surface area (Å²) in [4.78, 5) is 22.5. The quantitative estimate of drug-likeness (QED) is 0.714. The first-order valence-electron chi connectivity index (χ1n) is 5.40. The summed E-state index contributed by atoms with van der Waals surface area (Å²) in [6.07, 6.45) is 0.377. The lowest BCUT2D eigenvalue weighted by Gasteiger charge is -2.21. The molecule has 0 fully saturated rings. The molecule has 0 heterocycles. The number of hydrogen-bond donors (Lipinski definition) is 1. The molecule has 0 radical (unpaired) electrons. The number of esters is 2. The van der Waals surface area contributed by atoms with E-state index in [9.17, 15) is 9.59 Å². The Morgan fingerprint density at radius 3 is 2.31 bits per heavy atom. The van der Waals surface area contributed by atoms with E-state index < -0.39 is 17.6 Å². The molecule has 0 spiro atoms. The maximum Gasteiger partial charge on any atom is 0.323 e. The van der Waals surface area contributed by atoms with Crippen molar-refractivity contribution < 1.29 is 19.1 Å². The maximum absolute atomic E-state index is 11.4. The first-order valence-corrected chi connectivity index (χ1v) is 5.40. The summed E-state index contributed by atoms with van der Waals surface area (Å²) in [5.41, 5.74) is 5.03. The Morgan fingerprint density at radius 2 is 1.88 bits per heavy atom. The van der Waals surface area contributed by atoms with E-state index in [-0.39, 0.29) is 18.8 Å². The SMILES string of the molecule is CCOC(=O)CC[C@@H](N)C(=O)OC(C)(C)C. The average molecular weight is 231 g/mol. The average Bonchev–Trinajstić information content (AvgIpc) is 2.11. The van der Waals surface area contributed by atoms with Crippen molar-refractivity contribution in [3.8, 4) is 0 Å². The molecule has 5 nitrogen and oxygen atoms in total. The summed E-state index contributed by atoms with van der Waals surface area (Å²) in [5, 5.41) is 0. The molecule has 0 aliphatic rings. The van der Waals surface area contributed by atoms with E-state index in [4.69, 9.17) is 15.2 Å². The van der Waals surface area contributed by atoms with Gasteiger partial charge in [0, 0.05) is 6.42 Å². The minimum absolute atomic E-state index is 0.133. The zero-order valence-electron chi connectivity index (χ0n) is 10.4. The van der Waals surface area contributed by atoms with E-state index in [1.807, 2.05) is 0 Å². The molecular formula is C11H21NO4. The van der Waals surface area contributed by atoms with Crippen LogP contribution in [-0.4, -0.2) is 30.2 Å². The lowest BCUT2D eigenvalue weighted by Crippen LogP contribution is -2.37. The van der Waals surface area contributed by atoms with Gasteiger partial charge in [0.1, 0.15) is 11.6 Å². The Morgan fingerprint density at radius 1 is 1.31 bits per heavy atom. The van der Waals surface area contributed by atoms with Crippen molar-refractivity contribution in [2.45, 2.75) is 52.2 Å². The molecule has 1 atom stereocenters. The van der Waals surface area contributed by atoms with Crippen molar-refractivity contribution in [2.24, 2.45) is 5.73 Å². The van der Waals surface area contributed by atoms with Gasteiger partial charge < -0.3 is 15.2 Å². The number of rotatable bonds is 5. The second-order valence-corrected chi connectivity index (χ2v) is 4.48. The predicted octanol–water partition coefficient (Wildman–Crippen LogP) is 0.999. The second-order valence-electron chi connectivity index (χ2n) is 4.48. The van der Waals surface area contributed by atoms with Gasteiger partial charge in [-0.3, -0.25) is 9.59 Å². The van der Waals surface area contributed by atoms with Crippen LogP contribution >= 0.6 is 0 Å². The van der Waals surface area contributed by atoms with Crippen LogP contribution in [0.3, 0.4) is 0 Å². The van der Waals surface area contributed by atoms with Gasteiger partial charge >= 0.3 is 11.9 Å². The van der Waals surface area contributed by atoms with Crippen molar-refractivity contribution in [3.63, 3.8) is 0 Å². The highest BCUT2D eigenvalue weighted by Gasteiger charge is 2.22. The summed E-state index contributed by atoms with van der Waals surface area (Å²) in [7, 11) is 0. The minimum atomic E-state index is -0.774. The fourth-order valence-corrected chi connectivity index (χ4v) is 1.00. The predicted molar refractivity (Wildman–Crippen MR) is 59.7 cm³/mol. The van der Waals surface area contributed by atoms with E-state index >= 15 is 0 Å². The second kappa shape index (κ2) is 6.48. The number of ether oxygens (including phenoxy) is 2. The monoisotopic (exact) mass is 231 g/mol. The lowest BCUT2D eigenvalue weighted by molar-refractivity contribution is -0.156. The third kappa shape index (κ3) is 7.23. The van der Waals surface area contributed by atoms with Gasteiger partial charge in [-0.15, -0.1) is 0 Å². The number of carbonyl (C=O) groups excluding carboxylic acids is 2. The number of carbonyl (C=O) groups is 2. The van der Waals surface area contributed by atoms with Gasteiger partial charge in [0.2, 0.25) is 0 Å². The van der Waals surface area contributed by atoms with E-state index in [2.05, 4.69) is 0 Å². The van der Waals surface area contributed by atoms with Crippen LogP contribution in [0.25, 0.3) is 0 Å². The van der Waals surface area contributed by atoms with Crippen LogP contribution in [-0.2, 0) is 19.1 Å². The van der Waals surface area contributed by atoms with Gasteiger partial charge in [0.05, 0.1) is 6.61 Å². The Kier molecular flexibility index (Phi) is 6.03. The Balaban J connectivity index is 3.93. The Bertz CT molecular complexity index is 245. The fraction of sp³-hybridized carbons (Fsp3) is 0.818. The number of nitrogens with two attached hydrogens (primary N) is 1. The lowest BCUT2D eigenvalue weighted by atomic mass is 10.1. The third-order valence-corrected chi connectivity index (χ3v) is 1.67. The highest BCUT2D eigenvalue weighted by molar-refractivity contribution is 5.77. The largest absolute Gasteiger partial charge is 0.466 e. The molecular weight excluding hydrogens is 210 g/mol. The first-order chi connectivity index (χ1) is 7.26. The van der Waals surface area contributed by atoms with E-state index in [1.165, 1.54) is 0 Å². The fourth-order valence-electron chi connectivity index (χ4n) is 1.00. The highest BCUT2D eigenvalue weighted by Crippen LogP contribution is 2.09. The van der Waals surface area contributed by atoms with Crippen LogP contribution in [0.15, 0.2) is 0 Å². The van der Waals surface area contributed by atoms with Gasteiger partial charge in [-0.25, -0.2) is 0 Å². The van der Waals surface area contributed by atoms with Crippen molar-refractivity contribution >= 4 is 11.9 Å². The van der Waals surface area contributed by atoms with E-state index in [0.717, 1.165) is 0 Å². The topological polar surface area (TPSA) is 78.6 Å². The molecule has 0 aromatic carbocycles. The van der Waals surface area contributed by atoms with Crippen LogP contribution in [0, 0.1) is 0 Å². The molecule has 0 aromatic rings. The standard InChI is InChI=1S/C11H21NO4/c1-5-15-9(13)7-6-8(12)10(14)16-11(2,3)4/h8H,5-7,12H2,1-4H3/t8-/m1/s1. The van der Waals surface area contributed by atoms with Gasteiger partial charge in [-0.1, -0.05) is 0 Å². The zero-order valence-corrected chi connectivity index (χ0v) is 10.4. The number of hydrogen-bond acceptors (Lipinski definition) is 5. The molecule has 0 saturated carbocycles. The molecule has 0 amide bonds. The summed E-state index contributed by atoms with van der Waals surface area (Å²) < 4.78 is 9.80. The summed E-state index contributed by atoms with van der Waals surface area (Å²) in [6.45, 7) is 7.36. The minimum Gasteiger partial charge on any atom is -0.466 e.